The lowest BCUT2D eigenvalue weighted by atomic mass is 10.1. The van der Waals surface area contributed by atoms with Gasteiger partial charge in [-0.3, -0.25) is 4.40 Å². The lowest BCUT2D eigenvalue weighted by Crippen LogP contribution is -2.03. The molecule has 0 unspecified atom stereocenters. The summed E-state index contributed by atoms with van der Waals surface area (Å²) in [6, 6.07) is 16.5. The topological polar surface area (TPSA) is 43.3 Å². The van der Waals surface area contributed by atoms with Crippen LogP contribution in [0.4, 0.5) is 4.39 Å². The lowest BCUT2D eigenvalue weighted by molar-refractivity contribution is 0.628. The molecule has 0 spiro atoms. The van der Waals surface area contributed by atoms with Crippen molar-refractivity contribution in [3.63, 3.8) is 0 Å². The van der Waals surface area contributed by atoms with Crippen LogP contribution in [-0.4, -0.2) is 9.38 Å². The minimum atomic E-state index is -0.241. The molecule has 0 saturated carbocycles. The molecule has 0 fully saturated rings. The first-order valence-corrected chi connectivity index (χ1v) is 8.16. The molecule has 0 aliphatic carbocycles. The van der Waals surface area contributed by atoms with Gasteiger partial charge in [0.05, 0.1) is 17.1 Å². The van der Waals surface area contributed by atoms with E-state index in [9.17, 15) is 4.39 Å². The maximum absolute atomic E-state index is 13.2. The number of aromatic nitrogens is 2. The van der Waals surface area contributed by atoms with Crippen molar-refractivity contribution in [3.8, 4) is 22.5 Å². The van der Waals surface area contributed by atoms with Crippen LogP contribution in [0.1, 0.15) is 5.69 Å². The highest BCUT2D eigenvalue weighted by atomic mass is 32.1. The van der Waals surface area contributed by atoms with Gasteiger partial charge in [-0.2, -0.15) is 0 Å². The zero-order valence-electron chi connectivity index (χ0n) is 12.2. The normalized spacial score (nSPS) is 11.2. The molecule has 0 aliphatic rings. The second-order valence-electron chi connectivity index (χ2n) is 5.22. The minimum absolute atomic E-state index is 0.241. The molecule has 5 heteroatoms. The van der Waals surface area contributed by atoms with Crippen LogP contribution in [0.25, 0.3) is 27.5 Å². The second-order valence-corrected chi connectivity index (χ2v) is 6.06. The Bertz CT molecular complexity index is 955. The Morgan fingerprint density at radius 2 is 1.74 bits per heavy atom. The third kappa shape index (κ3) is 2.34. The fourth-order valence-electron chi connectivity index (χ4n) is 2.75. The van der Waals surface area contributed by atoms with Crippen LogP contribution in [0.2, 0.25) is 0 Å². The van der Waals surface area contributed by atoms with Gasteiger partial charge < -0.3 is 5.73 Å². The molecule has 2 aromatic heterocycles. The molecule has 0 radical (unpaired) electrons. The summed E-state index contributed by atoms with van der Waals surface area (Å²) in [5.41, 5.74) is 10.9. The molecule has 0 amide bonds. The molecule has 0 bridgehead atoms. The molecular formula is C18H14FN3S. The van der Waals surface area contributed by atoms with E-state index in [1.165, 1.54) is 12.1 Å². The smallest absolute Gasteiger partial charge is 0.195 e. The molecule has 2 aromatic carbocycles. The van der Waals surface area contributed by atoms with Crippen molar-refractivity contribution < 1.29 is 4.39 Å². The number of hydrogen-bond acceptors (Lipinski definition) is 3. The predicted octanol–water partition coefficient (Wildman–Crippen LogP) is 4.33. The van der Waals surface area contributed by atoms with E-state index < -0.39 is 0 Å². The van der Waals surface area contributed by atoms with E-state index >= 15 is 0 Å². The molecule has 3 nitrogen and oxygen atoms in total. The minimum Gasteiger partial charge on any atom is -0.325 e. The molecule has 2 N–H and O–H groups in total. The van der Waals surface area contributed by atoms with Gasteiger partial charge in [-0.05, 0) is 29.8 Å². The number of nitrogens with zero attached hydrogens (tertiary/aromatic N) is 2. The number of nitrogens with two attached hydrogens (primary N) is 1. The molecule has 0 aliphatic heterocycles. The molecular weight excluding hydrogens is 309 g/mol. The van der Waals surface area contributed by atoms with E-state index in [0.29, 0.717) is 6.54 Å². The number of halogens is 1. The van der Waals surface area contributed by atoms with Crippen molar-refractivity contribution in [2.45, 2.75) is 6.54 Å². The summed E-state index contributed by atoms with van der Waals surface area (Å²) in [6.07, 6.45) is 0. The highest BCUT2D eigenvalue weighted by Gasteiger charge is 2.17. The van der Waals surface area contributed by atoms with E-state index in [1.54, 1.807) is 23.5 Å². The standard InChI is InChI=1S/C18H14FN3S/c19-14-8-6-12(7-9-14)16-11-23-18-21-17(15(10-20)22(16)18)13-4-2-1-3-5-13/h1-9,11H,10,20H2. The van der Waals surface area contributed by atoms with Gasteiger partial charge in [-0.1, -0.05) is 30.3 Å². The highest BCUT2D eigenvalue weighted by molar-refractivity contribution is 7.15. The summed E-state index contributed by atoms with van der Waals surface area (Å²) in [7, 11) is 0. The highest BCUT2D eigenvalue weighted by Crippen LogP contribution is 2.32. The van der Waals surface area contributed by atoms with Gasteiger partial charge >= 0.3 is 0 Å². The van der Waals surface area contributed by atoms with E-state index in [1.807, 2.05) is 35.7 Å². The number of thiazole rings is 1. The second kappa shape index (κ2) is 5.61. The molecule has 114 valence electrons. The van der Waals surface area contributed by atoms with Crippen LogP contribution in [0, 0.1) is 5.82 Å². The largest absolute Gasteiger partial charge is 0.325 e. The SMILES string of the molecule is NCc1c(-c2ccccc2)nc2scc(-c3ccc(F)cc3)n12. The number of fused-ring (bicyclic) bond motifs is 1. The van der Waals surface area contributed by atoms with Gasteiger partial charge in [0.15, 0.2) is 4.96 Å². The zero-order valence-corrected chi connectivity index (χ0v) is 13.1. The van der Waals surface area contributed by atoms with Crippen LogP contribution < -0.4 is 5.73 Å². The lowest BCUT2D eigenvalue weighted by Gasteiger charge is -2.05. The molecule has 4 aromatic rings. The van der Waals surface area contributed by atoms with E-state index in [-0.39, 0.29) is 5.82 Å². The fraction of sp³-hybridized carbons (Fsp3) is 0.0556. The fourth-order valence-corrected chi connectivity index (χ4v) is 3.67. The van der Waals surface area contributed by atoms with Gasteiger partial charge in [-0.15, -0.1) is 11.3 Å². The van der Waals surface area contributed by atoms with E-state index in [2.05, 4.69) is 4.40 Å². The molecule has 4 rings (SSSR count). The summed E-state index contributed by atoms with van der Waals surface area (Å²) < 4.78 is 15.2. The van der Waals surface area contributed by atoms with Crippen LogP contribution in [0.5, 0.6) is 0 Å². The van der Waals surface area contributed by atoms with Gasteiger partial charge in [0.2, 0.25) is 0 Å². The number of imidazole rings is 1. The van der Waals surface area contributed by atoms with E-state index in [0.717, 1.165) is 33.2 Å². The van der Waals surface area contributed by atoms with Crippen molar-refractivity contribution in [2.75, 3.05) is 0 Å². The molecule has 0 saturated heterocycles. The monoisotopic (exact) mass is 323 g/mol. The Morgan fingerprint density at radius 3 is 2.43 bits per heavy atom. The van der Waals surface area contributed by atoms with Gasteiger partial charge in [0.25, 0.3) is 0 Å². The Hall–Kier alpha value is -2.50. The predicted molar refractivity (Wildman–Crippen MR) is 91.8 cm³/mol. The first-order valence-electron chi connectivity index (χ1n) is 7.28. The van der Waals surface area contributed by atoms with Gasteiger partial charge in [0.1, 0.15) is 5.82 Å². The number of benzene rings is 2. The average molecular weight is 323 g/mol. The van der Waals surface area contributed by atoms with Crippen LogP contribution in [-0.2, 0) is 6.54 Å². The summed E-state index contributed by atoms with van der Waals surface area (Å²) in [5, 5.41) is 2.03. The number of rotatable bonds is 3. The van der Waals surface area contributed by atoms with Crippen LogP contribution in [0.3, 0.4) is 0 Å². The Kier molecular flexibility index (Phi) is 3.44. The van der Waals surface area contributed by atoms with Crippen molar-refractivity contribution in [1.29, 1.82) is 0 Å². The van der Waals surface area contributed by atoms with Crippen LogP contribution >= 0.6 is 11.3 Å². The van der Waals surface area contributed by atoms with Crippen LogP contribution in [0.15, 0.2) is 60.0 Å². The third-order valence-corrected chi connectivity index (χ3v) is 4.67. The summed E-state index contributed by atoms with van der Waals surface area (Å²) in [4.78, 5) is 5.64. The third-order valence-electron chi connectivity index (χ3n) is 3.84. The first-order chi connectivity index (χ1) is 11.3. The van der Waals surface area contributed by atoms with Crippen molar-refractivity contribution >= 4 is 16.3 Å². The van der Waals surface area contributed by atoms with Crippen molar-refractivity contribution in [1.82, 2.24) is 9.38 Å². The van der Waals surface area contributed by atoms with Gasteiger partial charge in [-0.25, -0.2) is 9.37 Å². The Balaban J connectivity index is 1.95. The quantitative estimate of drug-likeness (QED) is 0.610. The summed E-state index contributed by atoms with van der Waals surface area (Å²) in [6.45, 7) is 0.385. The van der Waals surface area contributed by atoms with Crippen molar-refractivity contribution in [2.24, 2.45) is 5.73 Å². The maximum Gasteiger partial charge on any atom is 0.195 e. The van der Waals surface area contributed by atoms with E-state index in [4.69, 9.17) is 10.7 Å². The van der Waals surface area contributed by atoms with Gasteiger partial charge in [0, 0.05) is 17.5 Å². The Morgan fingerprint density at radius 1 is 1.00 bits per heavy atom. The molecule has 23 heavy (non-hydrogen) atoms. The Labute approximate surface area is 136 Å². The summed E-state index contributed by atoms with van der Waals surface area (Å²) >= 11 is 1.56. The molecule has 2 heterocycles. The maximum atomic E-state index is 13.2. The zero-order chi connectivity index (χ0) is 15.8. The first kappa shape index (κ1) is 14.1. The summed E-state index contributed by atoms with van der Waals surface area (Å²) in [5.74, 6) is -0.241. The average Bonchev–Trinajstić information content (AvgIpc) is 3.15. The number of hydrogen-bond donors (Lipinski definition) is 1. The van der Waals surface area contributed by atoms with Crippen molar-refractivity contribution in [3.05, 3.63) is 71.5 Å². The molecule has 0 atom stereocenters.